The summed E-state index contributed by atoms with van der Waals surface area (Å²) in [6.07, 6.45) is -4.70. The first-order chi connectivity index (χ1) is 15.2. The molecular formula is C23H21F3N2O4. The third-order valence-electron chi connectivity index (χ3n) is 4.68. The Hall–Kier alpha value is -3.75. The van der Waals surface area contributed by atoms with Crippen molar-refractivity contribution in [3.8, 4) is 11.5 Å². The Morgan fingerprint density at radius 3 is 2.34 bits per heavy atom. The number of aromatic amines is 1. The second-order valence-corrected chi connectivity index (χ2v) is 7.03. The van der Waals surface area contributed by atoms with Crippen molar-refractivity contribution in [2.45, 2.75) is 19.3 Å². The quantitative estimate of drug-likeness (QED) is 0.589. The van der Waals surface area contributed by atoms with E-state index in [4.69, 9.17) is 9.47 Å². The van der Waals surface area contributed by atoms with Gasteiger partial charge in [0.15, 0.2) is 11.5 Å². The minimum Gasteiger partial charge on any atom is -0.493 e. The Morgan fingerprint density at radius 2 is 1.72 bits per heavy atom. The van der Waals surface area contributed by atoms with Gasteiger partial charge in [-0.05, 0) is 35.4 Å². The van der Waals surface area contributed by atoms with Crippen LogP contribution in [0.1, 0.15) is 27.2 Å². The van der Waals surface area contributed by atoms with Crippen LogP contribution in [0.5, 0.6) is 11.5 Å². The van der Waals surface area contributed by atoms with Gasteiger partial charge in [-0.3, -0.25) is 9.59 Å². The summed E-state index contributed by atoms with van der Waals surface area (Å²) in [5.74, 6) is 0.281. The number of amides is 1. The van der Waals surface area contributed by atoms with Crippen LogP contribution < -0.4 is 15.0 Å². The Morgan fingerprint density at radius 1 is 1.00 bits per heavy atom. The average molecular weight is 446 g/mol. The second-order valence-electron chi connectivity index (χ2n) is 7.03. The minimum atomic E-state index is -4.70. The molecule has 0 spiro atoms. The molecule has 0 fully saturated rings. The molecule has 2 aromatic carbocycles. The molecule has 1 amide bonds. The van der Waals surface area contributed by atoms with Crippen molar-refractivity contribution in [2.24, 2.45) is 0 Å². The van der Waals surface area contributed by atoms with Gasteiger partial charge in [-0.15, -0.1) is 0 Å². The van der Waals surface area contributed by atoms with Crippen molar-refractivity contribution < 1.29 is 27.4 Å². The smallest absolute Gasteiger partial charge is 0.431 e. The number of hydrogen-bond donors (Lipinski definition) is 1. The number of halogens is 3. The lowest BCUT2D eigenvalue weighted by atomic mass is 10.1. The summed E-state index contributed by atoms with van der Waals surface area (Å²) < 4.78 is 49.3. The van der Waals surface area contributed by atoms with Crippen LogP contribution in [-0.2, 0) is 19.3 Å². The van der Waals surface area contributed by atoms with Gasteiger partial charge in [0, 0.05) is 13.6 Å². The van der Waals surface area contributed by atoms with Crippen LogP contribution in [0, 0.1) is 0 Å². The zero-order valence-electron chi connectivity index (χ0n) is 17.4. The molecule has 168 valence electrons. The molecule has 0 unspecified atom stereocenters. The fourth-order valence-corrected chi connectivity index (χ4v) is 3.02. The van der Waals surface area contributed by atoms with Crippen molar-refractivity contribution in [3.05, 3.63) is 93.4 Å². The number of H-pyrrole nitrogens is 1. The molecule has 1 aromatic heterocycles. The minimum absolute atomic E-state index is 0.106. The number of nitrogens with one attached hydrogen (secondary N) is 1. The second kappa shape index (κ2) is 9.59. The van der Waals surface area contributed by atoms with Crippen LogP contribution >= 0.6 is 0 Å². The van der Waals surface area contributed by atoms with Gasteiger partial charge in [-0.2, -0.15) is 13.2 Å². The third-order valence-corrected chi connectivity index (χ3v) is 4.68. The van der Waals surface area contributed by atoms with Gasteiger partial charge >= 0.3 is 6.18 Å². The highest BCUT2D eigenvalue weighted by atomic mass is 19.4. The SMILES string of the molecule is COc1cc(CN(C)C(=O)c2ccc(C(F)(F)F)[nH]c2=O)ccc1OCc1ccccc1. The topological polar surface area (TPSA) is 71.6 Å². The van der Waals surface area contributed by atoms with Crippen molar-refractivity contribution in [1.29, 1.82) is 0 Å². The van der Waals surface area contributed by atoms with Gasteiger partial charge in [0.05, 0.1) is 7.11 Å². The van der Waals surface area contributed by atoms with Gasteiger partial charge in [0.1, 0.15) is 17.9 Å². The van der Waals surface area contributed by atoms with Crippen molar-refractivity contribution >= 4 is 5.91 Å². The number of alkyl halides is 3. The van der Waals surface area contributed by atoms with E-state index in [0.29, 0.717) is 29.7 Å². The molecule has 0 bridgehead atoms. The van der Waals surface area contributed by atoms with Crippen LogP contribution in [-0.4, -0.2) is 29.9 Å². The number of carbonyl (C=O) groups is 1. The van der Waals surface area contributed by atoms with Crippen LogP contribution in [0.2, 0.25) is 0 Å². The molecule has 0 atom stereocenters. The van der Waals surface area contributed by atoms with E-state index in [-0.39, 0.29) is 12.1 Å². The van der Waals surface area contributed by atoms with E-state index >= 15 is 0 Å². The van der Waals surface area contributed by atoms with Crippen molar-refractivity contribution in [2.75, 3.05) is 14.2 Å². The predicted octanol–water partition coefficient (Wildman–Crippen LogP) is 4.25. The summed E-state index contributed by atoms with van der Waals surface area (Å²) in [7, 11) is 2.94. The van der Waals surface area contributed by atoms with Crippen LogP contribution in [0.4, 0.5) is 13.2 Å². The number of aromatic nitrogens is 1. The zero-order chi connectivity index (χ0) is 23.3. The third kappa shape index (κ3) is 5.48. The Labute approximate surface area is 182 Å². The number of ether oxygens (including phenoxy) is 2. The lowest BCUT2D eigenvalue weighted by Crippen LogP contribution is -2.32. The molecule has 0 saturated heterocycles. The lowest BCUT2D eigenvalue weighted by molar-refractivity contribution is -0.141. The van der Waals surface area contributed by atoms with E-state index in [2.05, 4.69) is 0 Å². The molecule has 0 aliphatic heterocycles. The zero-order valence-corrected chi connectivity index (χ0v) is 17.4. The largest absolute Gasteiger partial charge is 0.493 e. The fourth-order valence-electron chi connectivity index (χ4n) is 3.02. The maximum Gasteiger partial charge on any atom is 0.431 e. The highest BCUT2D eigenvalue weighted by Gasteiger charge is 2.32. The number of rotatable bonds is 7. The van der Waals surface area contributed by atoms with Crippen molar-refractivity contribution in [1.82, 2.24) is 9.88 Å². The number of hydrogen-bond acceptors (Lipinski definition) is 4. The summed E-state index contributed by atoms with van der Waals surface area (Å²) in [5, 5.41) is 0. The summed E-state index contributed by atoms with van der Waals surface area (Å²) in [6, 6.07) is 16.3. The van der Waals surface area contributed by atoms with Crippen LogP contribution in [0.25, 0.3) is 0 Å². The van der Waals surface area contributed by atoms with Gasteiger partial charge in [-0.25, -0.2) is 0 Å². The average Bonchev–Trinajstić information content (AvgIpc) is 2.77. The first kappa shape index (κ1) is 22.9. The van der Waals surface area contributed by atoms with Crippen LogP contribution in [0.3, 0.4) is 0 Å². The molecule has 32 heavy (non-hydrogen) atoms. The molecule has 3 aromatic rings. The standard InChI is InChI=1S/C23H21F3N2O4/c1-28(22(30)17-9-11-20(23(24,25)26)27-21(17)29)13-16-8-10-18(19(12-16)31-2)32-14-15-6-4-3-5-7-15/h3-12H,13-14H2,1-2H3,(H,27,29). The van der Waals surface area contributed by atoms with Gasteiger partial charge in [0.25, 0.3) is 11.5 Å². The number of benzene rings is 2. The van der Waals surface area contributed by atoms with Crippen LogP contribution in [0.15, 0.2) is 65.5 Å². The molecule has 6 nitrogen and oxygen atoms in total. The molecular weight excluding hydrogens is 425 g/mol. The Bertz CT molecular complexity index is 1140. The summed E-state index contributed by atoms with van der Waals surface area (Å²) in [4.78, 5) is 27.5. The maximum atomic E-state index is 12.7. The Balaban J connectivity index is 1.71. The monoisotopic (exact) mass is 446 g/mol. The molecule has 1 heterocycles. The van der Waals surface area contributed by atoms with Gasteiger partial charge in [0.2, 0.25) is 0 Å². The number of pyridine rings is 1. The van der Waals surface area contributed by atoms with Crippen molar-refractivity contribution in [3.63, 3.8) is 0 Å². The summed E-state index contributed by atoms with van der Waals surface area (Å²) in [6.45, 7) is 0.459. The summed E-state index contributed by atoms with van der Waals surface area (Å²) in [5.41, 5.74) is -1.01. The fraction of sp³-hybridized carbons (Fsp3) is 0.217. The number of nitrogens with zero attached hydrogens (tertiary/aromatic N) is 1. The molecule has 1 N–H and O–H groups in total. The van der Waals surface area contributed by atoms with E-state index in [1.165, 1.54) is 19.1 Å². The number of methoxy groups -OCH3 is 1. The van der Waals surface area contributed by atoms with E-state index in [0.717, 1.165) is 11.6 Å². The maximum absolute atomic E-state index is 12.7. The molecule has 0 radical (unpaired) electrons. The van der Waals surface area contributed by atoms with E-state index in [1.807, 2.05) is 30.3 Å². The molecule has 0 saturated carbocycles. The van der Waals surface area contributed by atoms with E-state index < -0.39 is 23.3 Å². The molecule has 3 rings (SSSR count). The first-order valence-electron chi connectivity index (χ1n) is 9.58. The van der Waals surface area contributed by atoms with Gasteiger partial charge in [-0.1, -0.05) is 36.4 Å². The van der Waals surface area contributed by atoms with E-state index in [9.17, 15) is 22.8 Å². The molecule has 0 aliphatic carbocycles. The van der Waals surface area contributed by atoms with E-state index in [1.54, 1.807) is 23.2 Å². The lowest BCUT2D eigenvalue weighted by Gasteiger charge is -2.18. The highest BCUT2D eigenvalue weighted by molar-refractivity contribution is 5.93. The Kier molecular flexibility index (Phi) is 6.87. The molecule has 9 heteroatoms. The first-order valence-corrected chi connectivity index (χ1v) is 9.58. The highest BCUT2D eigenvalue weighted by Crippen LogP contribution is 2.29. The number of carbonyl (C=O) groups excluding carboxylic acids is 1. The normalized spacial score (nSPS) is 11.2. The molecule has 0 aliphatic rings. The van der Waals surface area contributed by atoms with Gasteiger partial charge < -0.3 is 19.4 Å². The summed E-state index contributed by atoms with van der Waals surface area (Å²) >= 11 is 0. The predicted molar refractivity (Wildman–Crippen MR) is 112 cm³/mol.